The van der Waals surface area contributed by atoms with Crippen LogP contribution in [-0.2, 0) is 9.59 Å². The zero-order valence-corrected chi connectivity index (χ0v) is 10.6. The van der Waals surface area contributed by atoms with Crippen LogP contribution in [-0.4, -0.2) is 36.3 Å². The van der Waals surface area contributed by atoms with E-state index in [-0.39, 0.29) is 11.8 Å². The van der Waals surface area contributed by atoms with Gasteiger partial charge in [-0.15, -0.1) is 0 Å². The second-order valence-electron chi connectivity index (χ2n) is 5.34. The van der Waals surface area contributed by atoms with E-state index in [4.69, 9.17) is 0 Å². The molecule has 2 heterocycles. The molecule has 0 aliphatic carbocycles. The van der Waals surface area contributed by atoms with Crippen LogP contribution < -0.4 is 5.32 Å². The molecule has 4 heteroatoms. The number of hydrogen-bond acceptors (Lipinski definition) is 3. The molecule has 0 spiro atoms. The van der Waals surface area contributed by atoms with Crippen molar-refractivity contribution in [3.63, 3.8) is 0 Å². The molecule has 2 saturated heterocycles. The monoisotopic (exact) mass is 238 g/mol. The third-order valence-corrected chi connectivity index (χ3v) is 4.04. The minimum atomic E-state index is 0.0327. The first-order valence-electron chi connectivity index (χ1n) is 6.72. The van der Waals surface area contributed by atoms with Crippen LogP contribution in [0.4, 0.5) is 0 Å². The van der Waals surface area contributed by atoms with E-state index in [2.05, 4.69) is 12.2 Å². The highest BCUT2D eigenvalue weighted by atomic mass is 16.2. The van der Waals surface area contributed by atoms with Gasteiger partial charge in [-0.05, 0) is 44.2 Å². The highest BCUT2D eigenvalue weighted by molar-refractivity contribution is 5.96. The molecule has 0 aromatic carbocycles. The molecule has 0 radical (unpaired) electrons. The highest BCUT2D eigenvalue weighted by Crippen LogP contribution is 2.22. The molecule has 2 unspecified atom stereocenters. The summed E-state index contributed by atoms with van der Waals surface area (Å²) in [6.07, 6.45) is 3.94. The van der Waals surface area contributed by atoms with E-state index in [1.807, 2.05) is 0 Å². The van der Waals surface area contributed by atoms with Crippen molar-refractivity contribution in [3.8, 4) is 0 Å². The van der Waals surface area contributed by atoms with Gasteiger partial charge >= 0.3 is 0 Å². The number of nitrogens with zero attached hydrogens (tertiary/aromatic N) is 1. The van der Waals surface area contributed by atoms with Crippen LogP contribution in [0.5, 0.6) is 0 Å². The SMILES string of the molecule is CC1CCNCC1CN1C(=O)CCCCC1=O. The summed E-state index contributed by atoms with van der Waals surface area (Å²) >= 11 is 0. The maximum atomic E-state index is 11.9. The fourth-order valence-electron chi connectivity index (χ4n) is 2.70. The van der Waals surface area contributed by atoms with Crippen LogP contribution in [0.15, 0.2) is 0 Å². The summed E-state index contributed by atoms with van der Waals surface area (Å²) in [5, 5.41) is 3.35. The van der Waals surface area contributed by atoms with Gasteiger partial charge in [-0.25, -0.2) is 0 Å². The number of piperidine rings is 1. The Morgan fingerprint density at radius 3 is 2.47 bits per heavy atom. The van der Waals surface area contributed by atoms with Crippen molar-refractivity contribution in [2.24, 2.45) is 11.8 Å². The van der Waals surface area contributed by atoms with Gasteiger partial charge in [0.05, 0.1) is 0 Å². The lowest BCUT2D eigenvalue weighted by atomic mass is 9.87. The first kappa shape index (κ1) is 12.6. The van der Waals surface area contributed by atoms with Crippen LogP contribution in [0.25, 0.3) is 0 Å². The number of carbonyl (C=O) groups excluding carboxylic acids is 2. The molecule has 0 aromatic rings. The maximum absolute atomic E-state index is 11.9. The average molecular weight is 238 g/mol. The number of amides is 2. The highest BCUT2D eigenvalue weighted by Gasteiger charge is 2.29. The Hall–Kier alpha value is -0.900. The zero-order chi connectivity index (χ0) is 12.3. The molecule has 2 rings (SSSR count). The summed E-state index contributed by atoms with van der Waals surface area (Å²) in [5.41, 5.74) is 0. The van der Waals surface area contributed by atoms with Gasteiger partial charge in [-0.1, -0.05) is 6.92 Å². The summed E-state index contributed by atoms with van der Waals surface area (Å²) in [7, 11) is 0. The van der Waals surface area contributed by atoms with Gasteiger partial charge in [0, 0.05) is 19.4 Å². The molecule has 96 valence electrons. The van der Waals surface area contributed by atoms with E-state index in [1.165, 1.54) is 4.90 Å². The van der Waals surface area contributed by atoms with E-state index >= 15 is 0 Å². The maximum Gasteiger partial charge on any atom is 0.229 e. The van der Waals surface area contributed by atoms with Gasteiger partial charge in [-0.3, -0.25) is 14.5 Å². The van der Waals surface area contributed by atoms with E-state index in [0.29, 0.717) is 31.2 Å². The molecule has 2 atom stereocenters. The molecule has 17 heavy (non-hydrogen) atoms. The predicted octanol–water partition coefficient (Wildman–Crippen LogP) is 1.16. The van der Waals surface area contributed by atoms with Crippen LogP contribution in [0.2, 0.25) is 0 Å². The minimum absolute atomic E-state index is 0.0327. The van der Waals surface area contributed by atoms with Crippen molar-refractivity contribution in [3.05, 3.63) is 0 Å². The normalized spacial score (nSPS) is 31.5. The van der Waals surface area contributed by atoms with Crippen molar-refractivity contribution in [2.75, 3.05) is 19.6 Å². The van der Waals surface area contributed by atoms with E-state index in [1.54, 1.807) is 0 Å². The Bertz CT molecular complexity index is 286. The molecule has 4 nitrogen and oxygen atoms in total. The molecule has 2 aliphatic rings. The topological polar surface area (TPSA) is 49.4 Å². The number of imide groups is 1. The molecule has 1 N–H and O–H groups in total. The summed E-state index contributed by atoms with van der Waals surface area (Å²) in [4.78, 5) is 25.3. The van der Waals surface area contributed by atoms with Crippen LogP contribution in [0, 0.1) is 11.8 Å². The largest absolute Gasteiger partial charge is 0.316 e. The Morgan fingerprint density at radius 2 is 1.88 bits per heavy atom. The zero-order valence-electron chi connectivity index (χ0n) is 10.6. The quantitative estimate of drug-likeness (QED) is 0.734. The van der Waals surface area contributed by atoms with Gasteiger partial charge < -0.3 is 5.32 Å². The summed E-state index contributed by atoms with van der Waals surface area (Å²) < 4.78 is 0. The molecule has 2 amide bonds. The van der Waals surface area contributed by atoms with Crippen LogP contribution in [0.1, 0.15) is 39.0 Å². The van der Waals surface area contributed by atoms with E-state index in [0.717, 1.165) is 32.4 Å². The van der Waals surface area contributed by atoms with E-state index in [9.17, 15) is 9.59 Å². The lowest BCUT2D eigenvalue weighted by molar-refractivity contribution is -0.144. The number of likely N-dealkylation sites (tertiary alicyclic amines) is 1. The molecular formula is C13H22N2O2. The number of nitrogens with one attached hydrogen (secondary N) is 1. The molecule has 2 fully saturated rings. The third-order valence-electron chi connectivity index (χ3n) is 4.04. The molecule has 2 aliphatic heterocycles. The molecule has 0 aromatic heterocycles. The van der Waals surface area contributed by atoms with Gasteiger partial charge in [0.15, 0.2) is 0 Å². The second kappa shape index (κ2) is 5.63. The Kier molecular flexibility index (Phi) is 4.15. The van der Waals surface area contributed by atoms with Gasteiger partial charge in [0.2, 0.25) is 11.8 Å². The molecular weight excluding hydrogens is 216 g/mol. The second-order valence-corrected chi connectivity index (χ2v) is 5.34. The average Bonchev–Trinajstić information content (AvgIpc) is 2.47. The minimum Gasteiger partial charge on any atom is -0.316 e. The first-order chi connectivity index (χ1) is 8.18. The number of hydrogen-bond donors (Lipinski definition) is 1. The summed E-state index contributed by atoms with van der Waals surface area (Å²) in [5.74, 6) is 1.09. The summed E-state index contributed by atoms with van der Waals surface area (Å²) in [6, 6.07) is 0. The Balaban J connectivity index is 1.99. The standard InChI is InChI=1S/C13H22N2O2/c1-10-6-7-14-8-11(10)9-15-12(16)4-2-3-5-13(15)17/h10-11,14H,2-9H2,1H3. The fourth-order valence-corrected chi connectivity index (χ4v) is 2.70. The lowest BCUT2D eigenvalue weighted by Crippen LogP contribution is -2.46. The predicted molar refractivity (Wildman–Crippen MR) is 65.3 cm³/mol. The number of rotatable bonds is 2. The van der Waals surface area contributed by atoms with Gasteiger partial charge in [-0.2, -0.15) is 0 Å². The van der Waals surface area contributed by atoms with Crippen molar-refractivity contribution >= 4 is 11.8 Å². The van der Waals surface area contributed by atoms with Gasteiger partial charge in [0.25, 0.3) is 0 Å². The van der Waals surface area contributed by atoms with Crippen LogP contribution in [0.3, 0.4) is 0 Å². The Labute approximate surface area is 103 Å². The first-order valence-corrected chi connectivity index (χ1v) is 6.72. The van der Waals surface area contributed by atoms with Crippen LogP contribution >= 0.6 is 0 Å². The lowest BCUT2D eigenvalue weighted by Gasteiger charge is -2.33. The summed E-state index contributed by atoms with van der Waals surface area (Å²) in [6.45, 7) is 4.82. The van der Waals surface area contributed by atoms with E-state index < -0.39 is 0 Å². The Morgan fingerprint density at radius 1 is 1.24 bits per heavy atom. The fraction of sp³-hybridized carbons (Fsp3) is 0.846. The smallest absolute Gasteiger partial charge is 0.229 e. The van der Waals surface area contributed by atoms with Crippen molar-refractivity contribution in [1.82, 2.24) is 10.2 Å². The number of carbonyl (C=O) groups is 2. The van der Waals surface area contributed by atoms with Gasteiger partial charge in [0.1, 0.15) is 0 Å². The van der Waals surface area contributed by atoms with Crippen molar-refractivity contribution in [1.29, 1.82) is 0 Å². The molecule has 0 bridgehead atoms. The molecule has 0 saturated carbocycles. The van der Waals surface area contributed by atoms with Crippen molar-refractivity contribution in [2.45, 2.75) is 39.0 Å². The van der Waals surface area contributed by atoms with Crippen molar-refractivity contribution < 1.29 is 9.59 Å². The third kappa shape index (κ3) is 3.06.